The number of ether oxygens (including phenoxy) is 1. The highest BCUT2D eigenvalue weighted by molar-refractivity contribution is 9.10. The van der Waals surface area contributed by atoms with E-state index >= 15 is 0 Å². The summed E-state index contributed by atoms with van der Waals surface area (Å²) in [5.74, 6) is 1.96. The van der Waals surface area contributed by atoms with Crippen LogP contribution in [0, 0.1) is 23.7 Å². The number of esters is 1. The normalized spacial score (nSPS) is 31.9. The van der Waals surface area contributed by atoms with Crippen LogP contribution >= 0.6 is 15.9 Å². The summed E-state index contributed by atoms with van der Waals surface area (Å²) in [5.41, 5.74) is 1.18. The van der Waals surface area contributed by atoms with E-state index in [9.17, 15) is 4.79 Å². The molecule has 0 spiro atoms. The molecule has 20 heavy (non-hydrogen) atoms. The van der Waals surface area contributed by atoms with Crippen molar-refractivity contribution in [1.29, 1.82) is 0 Å². The van der Waals surface area contributed by atoms with Crippen LogP contribution in [0.3, 0.4) is 0 Å². The molecule has 2 unspecified atom stereocenters. The maximum Gasteiger partial charge on any atom is 0.309 e. The SMILES string of the molecule is COC(=O)[C@@H]1CC2CC2C[C@@H]1C=Cc1ccc(Br)cc1. The van der Waals surface area contributed by atoms with Gasteiger partial charge in [0.05, 0.1) is 13.0 Å². The summed E-state index contributed by atoms with van der Waals surface area (Å²) in [6, 6.07) is 8.23. The number of hydrogen-bond acceptors (Lipinski definition) is 2. The summed E-state index contributed by atoms with van der Waals surface area (Å²) in [6.07, 6.45) is 7.79. The summed E-state index contributed by atoms with van der Waals surface area (Å²) in [6.45, 7) is 0. The molecule has 0 aliphatic heterocycles. The van der Waals surface area contributed by atoms with Gasteiger partial charge in [0.15, 0.2) is 0 Å². The molecule has 0 aromatic heterocycles. The second-order valence-electron chi connectivity index (χ2n) is 5.93. The zero-order chi connectivity index (χ0) is 14.1. The lowest BCUT2D eigenvalue weighted by Gasteiger charge is -2.26. The molecule has 2 saturated carbocycles. The quantitative estimate of drug-likeness (QED) is 0.770. The molecule has 4 atom stereocenters. The summed E-state index contributed by atoms with van der Waals surface area (Å²) in [5, 5.41) is 0. The van der Waals surface area contributed by atoms with Gasteiger partial charge in [0.1, 0.15) is 0 Å². The molecule has 0 saturated heterocycles. The van der Waals surface area contributed by atoms with Gasteiger partial charge in [-0.25, -0.2) is 0 Å². The maximum atomic E-state index is 11.9. The van der Waals surface area contributed by atoms with Crippen molar-refractivity contribution in [3.05, 3.63) is 40.4 Å². The first-order valence-corrected chi connectivity index (χ1v) is 7.98. The van der Waals surface area contributed by atoms with Crippen molar-refractivity contribution in [2.75, 3.05) is 7.11 Å². The summed E-state index contributed by atoms with van der Waals surface area (Å²) in [7, 11) is 1.50. The first-order valence-electron chi connectivity index (χ1n) is 7.19. The van der Waals surface area contributed by atoms with Gasteiger partial charge in [-0.1, -0.05) is 40.2 Å². The Morgan fingerprint density at radius 3 is 2.60 bits per heavy atom. The van der Waals surface area contributed by atoms with Gasteiger partial charge in [0, 0.05) is 4.47 Å². The van der Waals surface area contributed by atoms with E-state index in [1.165, 1.54) is 19.1 Å². The van der Waals surface area contributed by atoms with Gasteiger partial charge in [-0.3, -0.25) is 4.79 Å². The predicted octanol–water partition coefficient (Wildman–Crippen LogP) is 4.30. The van der Waals surface area contributed by atoms with E-state index in [0.29, 0.717) is 5.92 Å². The first kappa shape index (κ1) is 13.9. The first-order chi connectivity index (χ1) is 9.67. The fraction of sp³-hybridized carbons (Fsp3) is 0.471. The van der Waals surface area contributed by atoms with Crippen LogP contribution in [0.5, 0.6) is 0 Å². The molecule has 2 fully saturated rings. The molecule has 3 rings (SSSR count). The Balaban J connectivity index is 1.73. The van der Waals surface area contributed by atoms with Crippen molar-refractivity contribution >= 4 is 28.0 Å². The molecule has 3 heteroatoms. The fourth-order valence-electron chi connectivity index (χ4n) is 3.35. The number of fused-ring (bicyclic) bond motifs is 1. The standard InChI is InChI=1S/C17H19BrO2/c1-20-17(19)16-10-14-9-13(14)8-12(16)5-2-11-3-6-15(18)7-4-11/h2-7,12-14,16H,8-10H2,1H3/t12-,13?,14?,16+/m0/s1. The van der Waals surface area contributed by atoms with Crippen molar-refractivity contribution in [3.8, 4) is 0 Å². The fourth-order valence-corrected chi connectivity index (χ4v) is 3.61. The molecule has 2 nitrogen and oxygen atoms in total. The molecule has 2 aliphatic rings. The van der Waals surface area contributed by atoms with Crippen LogP contribution in [-0.2, 0) is 9.53 Å². The summed E-state index contributed by atoms with van der Waals surface area (Å²) < 4.78 is 6.06. The van der Waals surface area contributed by atoms with Gasteiger partial charge < -0.3 is 4.74 Å². The largest absolute Gasteiger partial charge is 0.469 e. The Labute approximate surface area is 128 Å². The number of carbonyl (C=O) groups excluding carboxylic acids is 1. The molecule has 1 aromatic rings. The van der Waals surface area contributed by atoms with Crippen molar-refractivity contribution < 1.29 is 9.53 Å². The van der Waals surface area contributed by atoms with E-state index in [1.54, 1.807) is 0 Å². The molecular formula is C17H19BrO2. The van der Waals surface area contributed by atoms with Crippen molar-refractivity contribution in [1.82, 2.24) is 0 Å². The molecule has 106 valence electrons. The van der Waals surface area contributed by atoms with Crippen LogP contribution in [0.15, 0.2) is 34.8 Å². The van der Waals surface area contributed by atoms with Crippen LogP contribution in [0.2, 0.25) is 0 Å². The summed E-state index contributed by atoms with van der Waals surface area (Å²) >= 11 is 3.44. The Hall–Kier alpha value is -1.09. The van der Waals surface area contributed by atoms with Crippen LogP contribution in [0.4, 0.5) is 0 Å². The number of rotatable bonds is 3. The number of methoxy groups -OCH3 is 1. The van der Waals surface area contributed by atoms with Gasteiger partial charge in [0.25, 0.3) is 0 Å². The second-order valence-corrected chi connectivity index (χ2v) is 6.85. The summed E-state index contributed by atoms with van der Waals surface area (Å²) in [4.78, 5) is 11.9. The zero-order valence-electron chi connectivity index (χ0n) is 11.6. The topological polar surface area (TPSA) is 26.3 Å². The van der Waals surface area contributed by atoms with E-state index in [2.05, 4.69) is 40.2 Å². The van der Waals surface area contributed by atoms with Crippen LogP contribution in [-0.4, -0.2) is 13.1 Å². The minimum absolute atomic E-state index is 0.0409. The Kier molecular flexibility index (Phi) is 3.97. The van der Waals surface area contributed by atoms with E-state index in [0.717, 1.165) is 29.2 Å². The van der Waals surface area contributed by atoms with Gasteiger partial charge in [-0.2, -0.15) is 0 Å². The molecule has 1 aromatic carbocycles. The van der Waals surface area contributed by atoms with Crippen LogP contribution < -0.4 is 0 Å². The van der Waals surface area contributed by atoms with E-state index in [1.807, 2.05) is 12.1 Å². The molecule has 2 aliphatic carbocycles. The molecule has 0 radical (unpaired) electrons. The van der Waals surface area contributed by atoms with E-state index in [-0.39, 0.29) is 11.9 Å². The highest BCUT2D eigenvalue weighted by Crippen LogP contribution is 2.54. The van der Waals surface area contributed by atoms with Crippen molar-refractivity contribution in [2.45, 2.75) is 19.3 Å². The Morgan fingerprint density at radius 2 is 1.90 bits per heavy atom. The second kappa shape index (κ2) is 5.72. The molecule has 0 heterocycles. The molecule has 0 bridgehead atoms. The Bertz CT molecular complexity index is 520. The maximum absolute atomic E-state index is 11.9. The zero-order valence-corrected chi connectivity index (χ0v) is 13.2. The van der Waals surface area contributed by atoms with Crippen molar-refractivity contribution in [3.63, 3.8) is 0 Å². The predicted molar refractivity (Wildman–Crippen MR) is 83.0 cm³/mol. The minimum Gasteiger partial charge on any atom is -0.469 e. The van der Waals surface area contributed by atoms with Crippen LogP contribution in [0.25, 0.3) is 6.08 Å². The lowest BCUT2D eigenvalue weighted by Crippen LogP contribution is -2.28. The molecule has 0 N–H and O–H groups in total. The monoisotopic (exact) mass is 334 g/mol. The third-order valence-electron chi connectivity index (χ3n) is 4.63. The molecular weight excluding hydrogens is 316 g/mol. The van der Waals surface area contributed by atoms with Gasteiger partial charge in [-0.05, 0) is 54.7 Å². The number of halogens is 1. The average molecular weight is 335 g/mol. The Morgan fingerprint density at radius 1 is 1.20 bits per heavy atom. The van der Waals surface area contributed by atoms with Gasteiger partial charge in [0.2, 0.25) is 0 Å². The average Bonchev–Trinajstić information content (AvgIpc) is 3.23. The van der Waals surface area contributed by atoms with Crippen molar-refractivity contribution in [2.24, 2.45) is 23.7 Å². The van der Waals surface area contributed by atoms with E-state index in [4.69, 9.17) is 4.74 Å². The number of carbonyl (C=O) groups is 1. The van der Waals surface area contributed by atoms with Gasteiger partial charge in [-0.15, -0.1) is 0 Å². The molecule has 0 amide bonds. The number of benzene rings is 1. The number of allylic oxidation sites excluding steroid dienone is 1. The lowest BCUT2D eigenvalue weighted by molar-refractivity contribution is -0.148. The van der Waals surface area contributed by atoms with Crippen LogP contribution in [0.1, 0.15) is 24.8 Å². The van der Waals surface area contributed by atoms with Gasteiger partial charge >= 0.3 is 5.97 Å². The third-order valence-corrected chi connectivity index (χ3v) is 5.16. The highest BCUT2D eigenvalue weighted by atomic mass is 79.9. The third kappa shape index (κ3) is 2.98. The number of hydrogen-bond donors (Lipinski definition) is 0. The highest BCUT2D eigenvalue weighted by Gasteiger charge is 2.48. The smallest absolute Gasteiger partial charge is 0.309 e. The van der Waals surface area contributed by atoms with E-state index < -0.39 is 0 Å². The lowest BCUT2D eigenvalue weighted by atomic mass is 9.79. The minimum atomic E-state index is -0.0409.